The predicted molar refractivity (Wildman–Crippen MR) is 76.2 cm³/mol. The highest BCUT2D eigenvalue weighted by Crippen LogP contribution is 2.19. The van der Waals surface area contributed by atoms with Gasteiger partial charge in [0.05, 0.1) is 11.2 Å². The van der Waals surface area contributed by atoms with Crippen LogP contribution in [0.5, 0.6) is 0 Å². The number of amides is 1. The van der Waals surface area contributed by atoms with Crippen molar-refractivity contribution >= 4 is 17.5 Å². The fourth-order valence-electron chi connectivity index (χ4n) is 2.70. The van der Waals surface area contributed by atoms with E-state index < -0.39 is 0 Å². The maximum absolute atomic E-state index is 12.3. The van der Waals surface area contributed by atoms with E-state index in [1.165, 1.54) is 25.7 Å². The van der Waals surface area contributed by atoms with Crippen LogP contribution in [0.4, 0.5) is 0 Å². The van der Waals surface area contributed by atoms with Crippen molar-refractivity contribution in [2.24, 2.45) is 0 Å². The normalized spacial score (nSPS) is 18.8. The lowest BCUT2D eigenvalue weighted by Gasteiger charge is -2.21. The zero-order chi connectivity index (χ0) is 13.7. The molecule has 0 radical (unpaired) electrons. The van der Waals surface area contributed by atoms with E-state index >= 15 is 0 Å². The zero-order valence-corrected chi connectivity index (χ0v) is 12.2. The molecule has 106 valence electrons. The lowest BCUT2D eigenvalue weighted by molar-refractivity contribution is -0.125. The van der Waals surface area contributed by atoms with Crippen molar-refractivity contribution in [1.29, 1.82) is 0 Å². The second-order valence-electron chi connectivity index (χ2n) is 5.26. The van der Waals surface area contributed by atoms with Crippen molar-refractivity contribution in [2.45, 2.75) is 64.0 Å². The summed E-state index contributed by atoms with van der Waals surface area (Å²) in [7, 11) is 0. The van der Waals surface area contributed by atoms with Crippen LogP contribution in [0.2, 0.25) is 5.02 Å². The summed E-state index contributed by atoms with van der Waals surface area (Å²) in [5.41, 5.74) is 0. The van der Waals surface area contributed by atoms with E-state index in [1.54, 1.807) is 17.1 Å². The Hall–Kier alpha value is -1.03. The number of carbonyl (C=O) groups excluding carboxylic acids is 1. The lowest BCUT2D eigenvalue weighted by Crippen LogP contribution is -2.39. The fraction of sp³-hybridized carbons (Fsp3) is 0.714. The second-order valence-corrected chi connectivity index (χ2v) is 5.70. The predicted octanol–water partition coefficient (Wildman–Crippen LogP) is 3.33. The molecule has 0 bridgehead atoms. The number of rotatable bonds is 4. The van der Waals surface area contributed by atoms with Gasteiger partial charge >= 0.3 is 0 Å². The van der Waals surface area contributed by atoms with Crippen molar-refractivity contribution in [2.75, 3.05) is 0 Å². The lowest BCUT2D eigenvalue weighted by atomic mass is 10.1. The third-order valence-electron chi connectivity index (χ3n) is 3.78. The van der Waals surface area contributed by atoms with Gasteiger partial charge in [-0.3, -0.25) is 9.48 Å². The first-order valence-electron chi connectivity index (χ1n) is 7.20. The fourth-order valence-corrected chi connectivity index (χ4v) is 2.84. The van der Waals surface area contributed by atoms with Gasteiger partial charge in [0, 0.05) is 12.2 Å². The average Bonchev–Trinajstić information content (AvgIpc) is 2.65. The molecule has 0 saturated heterocycles. The monoisotopic (exact) mass is 283 g/mol. The highest BCUT2D eigenvalue weighted by Gasteiger charge is 2.22. The van der Waals surface area contributed by atoms with Gasteiger partial charge < -0.3 is 5.32 Å². The molecule has 1 amide bonds. The Morgan fingerprint density at radius 2 is 2.16 bits per heavy atom. The summed E-state index contributed by atoms with van der Waals surface area (Å²) in [6, 6.07) is 0.0748. The molecule has 0 spiro atoms. The Kier molecular flexibility index (Phi) is 5.25. The first kappa shape index (κ1) is 14.4. The van der Waals surface area contributed by atoms with E-state index in [0.29, 0.717) is 11.1 Å². The SMILES string of the molecule is CCC(C(=O)NC1CCCCCC1)n1cc(Cl)cn1. The summed E-state index contributed by atoms with van der Waals surface area (Å²) in [4.78, 5) is 12.3. The third-order valence-corrected chi connectivity index (χ3v) is 3.98. The molecule has 1 atom stereocenters. The summed E-state index contributed by atoms with van der Waals surface area (Å²) in [6.07, 6.45) is 11.2. The van der Waals surface area contributed by atoms with Gasteiger partial charge in [0.25, 0.3) is 0 Å². The van der Waals surface area contributed by atoms with Crippen molar-refractivity contribution in [1.82, 2.24) is 15.1 Å². The summed E-state index contributed by atoms with van der Waals surface area (Å²) < 4.78 is 1.66. The van der Waals surface area contributed by atoms with Gasteiger partial charge in [-0.1, -0.05) is 44.2 Å². The standard InChI is InChI=1S/C14H22ClN3O/c1-2-13(18-10-11(15)9-16-18)14(19)17-12-7-5-3-4-6-8-12/h9-10,12-13H,2-8H2,1H3,(H,17,19). The van der Waals surface area contributed by atoms with Crippen LogP contribution in [-0.4, -0.2) is 21.7 Å². The first-order valence-corrected chi connectivity index (χ1v) is 7.58. The Balaban J connectivity index is 1.96. The van der Waals surface area contributed by atoms with Crippen molar-refractivity contribution in [3.63, 3.8) is 0 Å². The highest BCUT2D eigenvalue weighted by atomic mass is 35.5. The summed E-state index contributed by atoms with van der Waals surface area (Å²) in [5.74, 6) is 0.0640. The molecular weight excluding hydrogens is 262 g/mol. The van der Waals surface area contributed by atoms with E-state index in [9.17, 15) is 4.79 Å². The van der Waals surface area contributed by atoms with Crippen LogP contribution in [0.1, 0.15) is 57.9 Å². The molecule has 2 rings (SSSR count). The molecule has 1 aromatic rings. The quantitative estimate of drug-likeness (QED) is 0.862. The molecule has 1 heterocycles. The summed E-state index contributed by atoms with van der Waals surface area (Å²) >= 11 is 5.86. The van der Waals surface area contributed by atoms with Crippen LogP contribution >= 0.6 is 11.6 Å². The molecule has 1 fully saturated rings. The Bertz CT molecular complexity index is 411. The van der Waals surface area contributed by atoms with Crippen molar-refractivity contribution < 1.29 is 4.79 Å². The summed E-state index contributed by atoms with van der Waals surface area (Å²) in [6.45, 7) is 1.99. The van der Waals surface area contributed by atoms with E-state index in [1.807, 2.05) is 6.92 Å². The smallest absolute Gasteiger partial charge is 0.245 e. The molecule has 1 aliphatic carbocycles. The number of nitrogens with zero attached hydrogens (tertiary/aromatic N) is 2. The second kappa shape index (κ2) is 6.94. The third kappa shape index (κ3) is 3.96. The van der Waals surface area contributed by atoms with Crippen LogP contribution in [0.25, 0.3) is 0 Å². The number of nitrogens with one attached hydrogen (secondary N) is 1. The van der Waals surface area contributed by atoms with E-state index in [4.69, 9.17) is 11.6 Å². The Morgan fingerprint density at radius 3 is 2.68 bits per heavy atom. The maximum atomic E-state index is 12.3. The molecule has 0 aliphatic heterocycles. The van der Waals surface area contributed by atoms with Gasteiger partial charge in [0.2, 0.25) is 5.91 Å². The molecule has 1 aromatic heterocycles. The van der Waals surface area contributed by atoms with Crippen LogP contribution < -0.4 is 5.32 Å². The molecule has 1 saturated carbocycles. The Labute approximate surface area is 119 Å². The molecule has 1 unspecified atom stereocenters. The Morgan fingerprint density at radius 1 is 1.47 bits per heavy atom. The van der Waals surface area contributed by atoms with Crippen LogP contribution in [-0.2, 0) is 4.79 Å². The number of carbonyl (C=O) groups is 1. The van der Waals surface area contributed by atoms with Crippen LogP contribution in [0, 0.1) is 0 Å². The first-order chi connectivity index (χ1) is 9.20. The zero-order valence-electron chi connectivity index (χ0n) is 11.4. The van der Waals surface area contributed by atoms with E-state index in [0.717, 1.165) is 19.3 Å². The highest BCUT2D eigenvalue weighted by molar-refractivity contribution is 6.30. The molecule has 1 aliphatic rings. The minimum absolute atomic E-state index is 0.0640. The van der Waals surface area contributed by atoms with E-state index in [-0.39, 0.29) is 11.9 Å². The van der Waals surface area contributed by atoms with E-state index in [2.05, 4.69) is 10.4 Å². The molecule has 4 nitrogen and oxygen atoms in total. The van der Waals surface area contributed by atoms with Crippen LogP contribution in [0.15, 0.2) is 12.4 Å². The number of halogens is 1. The van der Waals surface area contributed by atoms with Gasteiger partial charge in [0.15, 0.2) is 0 Å². The van der Waals surface area contributed by atoms with Crippen molar-refractivity contribution in [3.8, 4) is 0 Å². The van der Waals surface area contributed by atoms with Gasteiger partial charge in [-0.05, 0) is 19.3 Å². The van der Waals surface area contributed by atoms with Crippen LogP contribution in [0.3, 0.4) is 0 Å². The molecule has 5 heteroatoms. The van der Waals surface area contributed by atoms with Gasteiger partial charge in [0.1, 0.15) is 6.04 Å². The van der Waals surface area contributed by atoms with Gasteiger partial charge in [-0.15, -0.1) is 0 Å². The van der Waals surface area contributed by atoms with Crippen molar-refractivity contribution in [3.05, 3.63) is 17.4 Å². The number of hydrogen-bond donors (Lipinski definition) is 1. The topological polar surface area (TPSA) is 46.9 Å². The number of hydrogen-bond acceptors (Lipinski definition) is 2. The minimum Gasteiger partial charge on any atom is -0.352 e. The maximum Gasteiger partial charge on any atom is 0.245 e. The molecule has 19 heavy (non-hydrogen) atoms. The minimum atomic E-state index is -0.254. The number of aromatic nitrogens is 2. The molecular formula is C14H22ClN3O. The van der Waals surface area contributed by atoms with Gasteiger partial charge in [-0.25, -0.2) is 0 Å². The summed E-state index contributed by atoms with van der Waals surface area (Å²) in [5, 5.41) is 7.89. The average molecular weight is 284 g/mol. The largest absolute Gasteiger partial charge is 0.352 e. The van der Waals surface area contributed by atoms with Gasteiger partial charge in [-0.2, -0.15) is 5.10 Å². The molecule has 0 aromatic carbocycles. The molecule has 1 N–H and O–H groups in total.